The molecular weight excluding hydrogens is 386 g/mol. The van der Waals surface area contributed by atoms with Gasteiger partial charge in [-0.1, -0.05) is 30.3 Å². The molecule has 0 saturated heterocycles. The second-order valence-electron chi connectivity index (χ2n) is 7.24. The number of benzene rings is 2. The van der Waals surface area contributed by atoms with Crippen LogP contribution in [0.4, 0.5) is 10.8 Å². The number of fused-ring (bicyclic) bond motifs is 1. The molecule has 29 heavy (non-hydrogen) atoms. The van der Waals surface area contributed by atoms with E-state index in [2.05, 4.69) is 10.3 Å². The standard InChI is InChI=1S/C22H19N3O3S/c26-20-12-28-19-9-8-16(10-18(19)25(20)11-14-4-2-1-3-5-14)17-13-29-22(23-17)24-21(27)15-6-7-15/h1-5,8-10,13,15H,6-7,11-12H2,(H,23,24,27). The number of ether oxygens (including phenoxy) is 1. The van der Waals surface area contributed by atoms with Crippen molar-refractivity contribution >= 4 is 34.0 Å². The SMILES string of the molecule is O=C(Nc1nc(-c2ccc3c(c2)N(Cc2ccccc2)C(=O)CO3)cs1)C1CC1. The van der Waals surface area contributed by atoms with Gasteiger partial charge in [0.2, 0.25) is 5.91 Å². The van der Waals surface area contributed by atoms with Gasteiger partial charge in [-0.3, -0.25) is 9.59 Å². The number of nitrogens with one attached hydrogen (secondary N) is 1. The van der Waals surface area contributed by atoms with Crippen LogP contribution in [0.3, 0.4) is 0 Å². The molecule has 146 valence electrons. The Morgan fingerprint density at radius 3 is 2.83 bits per heavy atom. The molecule has 1 saturated carbocycles. The smallest absolute Gasteiger partial charge is 0.265 e. The van der Waals surface area contributed by atoms with Gasteiger partial charge in [-0.25, -0.2) is 4.98 Å². The molecule has 1 aliphatic heterocycles. The van der Waals surface area contributed by atoms with Crippen molar-refractivity contribution in [1.82, 2.24) is 4.98 Å². The summed E-state index contributed by atoms with van der Waals surface area (Å²) in [5.41, 5.74) is 3.43. The van der Waals surface area contributed by atoms with Gasteiger partial charge < -0.3 is 15.0 Å². The first-order valence-corrected chi connectivity index (χ1v) is 10.4. The quantitative estimate of drug-likeness (QED) is 0.694. The maximum atomic E-state index is 12.5. The van der Waals surface area contributed by atoms with Crippen molar-refractivity contribution in [2.45, 2.75) is 19.4 Å². The zero-order valence-corrected chi connectivity index (χ0v) is 16.4. The predicted molar refractivity (Wildman–Crippen MR) is 112 cm³/mol. The van der Waals surface area contributed by atoms with Gasteiger partial charge >= 0.3 is 0 Å². The Labute approximate surface area is 172 Å². The minimum atomic E-state index is -0.0748. The monoisotopic (exact) mass is 405 g/mol. The predicted octanol–water partition coefficient (Wildman–Crippen LogP) is 4.08. The molecule has 2 heterocycles. The Balaban J connectivity index is 1.42. The summed E-state index contributed by atoms with van der Waals surface area (Å²) in [6.45, 7) is 0.520. The summed E-state index contributed by atoms with van der Waals surface area (Å²) in [5.74, 6) is 0.793. The molecule has 6 nitrogen and oxygen atoms in total. The van der Waals surface area contributed by atoms with Gasteiger partial charge in [-0.05, 0) is 36.6 Å². The number of thiazole rings is 1. The molecule has 2 aromatic carbocycles. The Kier molecular flexibility index (Phi) is 4.52. The van der Waals surface area contributed by atoms with E-state index in [0.717, 1.165) is 35.3 Å². The first-order valence-electron chi connectivity index (χ1n) is 9.55. The number of carbonyl (C=O) groups excluding carboxylic acids is 2. The number of hydrogen-bond acceptors (Lipinski definition) is 5. The highest BCUT2D eigenvalue weighted by Crippen LogP contribution is 2.38. The molecular formula is C22H19N3O3S. The molecule has 1 fully saturated rings. The number of carbonyl (C=O) groups is 2. The Morgan fingerprint density at radius 2 is 2.03 bits per heavy atom. The van der Waals surface area contributed by atoms with E-state index in [1.807, 2.05) is 53.9 Å². The average Bonchev–Trinajstić information content (AvgIpc) is 3.50. The molecule has 0 unspecified atom stereocenters. The molecule has 0 radical (unpaired) electrons. The normalized spacial score (nSPS) is 15.6. The third kappa shape index (κ3) is 3.73. The van der Waals surface area contributed by atoms with Gasteiger partial charge in [0, 0.05) is 16.9 Å². The van der Waals surface area contributed by atoms with E-state index in [1.54, 1.807) is 4.90 Å². The van der Waals surface area contributed by atoms with E-state index < -0.39 is 0 Å². The Morgan fingerprint density at radius 1 is 1.21 bits per heavy atom. The topological polar surface area (TPSA) is 71.5 Å². The number of hydrogen-bond donors (Lipinski definition) is 1. The van der Waals surface area contributed by atoms with Crippen LogP contribution in [0.25, 0.3) is 11.3 Å². The van der Waals surface area contributed by atoms with Crippen LogP contribution < -0.4 is 15.0 Å². The Bertz CT molecular complexity index is 1080. The first kappa shape index (κ1) is 17.9. The van der Waals surface area contributed by atoms with Gasteiger partial charge in [0.25, 0.3) is 5.91 Å². The summed E-state index contributed by atoms with van der Waals surface area (Å²) in [7, 11) is 0. The summed E-state index contributed by atoms with van der Waals surface area (Å²) in [5, 5.41) is 5.40. The van der Waals surface area contributed by atoms with Crippen LogP contribution >= 0.6 is 11.3 Å². The molecule has 0 bridgehead atoms. The van der Waals surface area contributed by atoms with Crippen molar-refractivity contribution in [1.29, 1.82) is 0 Å². The fourth-order valence-corrected chi connectivity index (χ4v) is 4.04. The maximum absolute atomic E-state index is 12.5. The number of aromatic nitrogens is 1. The summed E-state index contributed by atoms with van der Waals surface area (Å²) >= 11 is 1.40. The average molecular weight is 405 g/mol. The first-order chi connectivity index (χ1) is 14.2. The summed E-state index contributed by atoms with van der Waals surface area (Å²) in [6.07, 6.45) is 1.92. The minimum absolute atomic E-state index is 0.0349. The molecule has 7 heteroatoms. The van der Waals surface area contributed by atoms with Crippen molar-refractivity contribution in [2.75, 3.05) is 16.8 Å². The van der Waals surface area contributed by atoms with E-state index in [1.165, 1.54) is 11.3 Å². The highest BCUT2D eigenvalue weighted by Gasteiger charge is 2.30. The molecule has 1 aromatic heterocycles. The maximum Gasteiger partial charge on any atom is 0.265 e. The van der Waals surface area contributed by atoms with Crippen LogP contribution in [0.2, 0.25) is 0 Å². The summed E-state index contributed by atoms with van der Waals surface area (Å²) < 4.78 is 5.62. The summed E-state index contributed by atoms with van der Waals surface area (Å²) in [6, 6.07) is 15.6. The fraction of sp³-hybridized carbons (Fsp3) is 0.227. The third-order valence-corrected chi connectivity index (χ3v) is 5.82. The van der Waals surface area contributed by atoms with Gasteiger partial charge in [0.1, 0.15) is 5.75 Å². The van der Waals surface area contributed by atoms with Crippen molar-refractivity contribution in [3.63, 3.8) is 0 Å². The van der Waals surface area contributed by atoms with Crippen molar-refractivity contribution < 1.29 is 14.3 Å². The highest BCUT2D eigenvalue weighted by atomic mass is 32.1. The number of nitrogens with zero attached hydrogens (tertiary/aromatic N) is 2. The zero-order chi connectivity index (χ0) is 19.8. The lowest BCUT2D eigenvalue weighted by atomic mass is 10.1. The van der Waals surface area contributed by atoms with Crippen molar-refractivity contribution in [3.8, 4) is 17.0 Å². The van der Waals surface area contributed by atoms with Crippen molar-refractivity contribution in [3.05, 3.63) is 59.5 Å². The van der Waals surface area contributed by atoms with Gasteiger partial charge in [0.15, 0.2) is 11.7 Å². The number of anilines is 2. The van der Waals surface area contributed by atoms with Crippen LogP contribution in [0, 0.1) is 5.92 Å². The van der Waals surface area contributed by atoms with E-state index >= 15 is 0 Å². The van der Waals surface area contributed by atoms with E-state index in [4.69, 9.17) is 4.74 Å². The molecule has 2 aliphatic rings. The van der Waals surface area contributed by atoms with Crippen LogP contribution in [-0.2, 0) is 16.1 Å². The fourth-order valence-electron chi connectivity index (χ4n) is 3.32. The van der Waals surface area contributed by atoms with Crippen LogP contribution in [0.1, 0.15) is 18.4 Å². The zero-order valence-electron chi connectivity index (χ0n) is 15.6. The third-order valence-electron chi connectivity index (χ3n) is 5.06. The molecule has 0 atom stereocenters. The second kappa shape index (κ2) is 7.33. The molecule has 1 aliphatic carbocycles. The lowest BCUT2D eigenvalue weighted by molar-refractivity contribution is -0.121. The molecule has 0 spiro atoms. The van der Waals surface area contributed by atoms with Crippen LogP contribution in [0.15, 0.2) is 53.9 Å². The van der Waals surface area contributed by atoms with Crippen molar-refractivity contribution in [2.24, 2.45) is 5.92 Å². The number of rotatable bonds is 5. The molecule has 3 aromatic rings. The van der Waals surface area contributed by atoms with Gasteiger partial charge in [-0.2, -0.15) is 0 Å². The van der Waals surface area contributed by atoms with Gasteiger partial charge in [0.05, 0.1) is 17.9 Å². The van der Waals surface area contributed by atoms with E-state index in [-0.39, 0.29) is 24.3 Å². The van der Waals surface area contributed by atoms with Crippen LogP contribution in [0.5, 0.6) is 5.75 Å². The molecule has 5 rings (SSSR count). The Hall–Kier alpha value is -3.19. The second-order valence-corrected chi connectivity index (χ2v) is 8.10. The van der Waals surface area contributed by atoms with Gasteiger partial charge in [-0.15, -0.1) is 11.3 Å². The highest BCUT2D eigenvalue weighted by molar-refractivity contribution is 7.14. The lowest BCUT2D eigenvalue weighted by Gasteiger charge is -2.29. The summed E-state index contributed by atoms with van der Waals surface area (Å²) in [4.78, 5) is 30.8. The molecule has 2 amide bonds. The number of amides is 2. The lowest BCUT2D eigenvalue weighted by Crippen LogP contribution is -2.38. The largest absolute Gasteiger partial charge is 0.482 e. The van der Waals surface area contributed by atoms with E-state index in [0.29, 0.717) is 17.4 Å². The minimum Gasteiger partial charge on any atom is -0.482 e. The molecule has 1 N–H and O–H groups in total. The van der Waals surface area contributed by atoms with Crippen LogP contribution in [-0.4, -0.2) is 23.4 Å². The van der Waals surface area contributed by atoms with E-state index in [9.17, 15) is 9.59 Å².